The Labute approximate surface area is 131 Å². The van der Waals surface area contributed by atoms with Gasteiger partial charge in [0.1, 0.15) is 16.8 Å². The van der Waals surface area contributed by atoms with Crippen LogP contribution >= 0.6 is 11.6 Å². The largest absolute Gasteiger partial charge is 0.310 e. The minimum absolute atomic E-state index is 0.0459. The second-order valence-corrected chi connectivity index (χ2v) is 5.64. The van der Waals surface area contributed by atoms with E-state index >= 15 is 0 Å². The molecule has 0 radical (unpaired) electrons. The molecular weight excluding hydrogens is 309 g/mol. The minimum atomic E-state index is -1.82. The molecule has 6 nitrogen and oxygen atoms in total. The Balaban J connectivity index is 1.75. The topological polar surface area (TPSA) is 80.7 Å². The third-order valence-corrected chi connectivity index (χ3v) is 3.63. The van der Waals surface area contributed by atoms with Crippen molar-refractivity contribution in [3.05, 3.63) is 40.8 Å². The Morgan fingerprint density at radius 2 is 2.18 bits per heavy atom. The maximum atomic E-state index is 14.7. The van der Waals surface area contributed by atoms with Crippen LogP contribution in [0.3, 0.4) is 0 Å². The van der Waals surface area contributed by atoms with Crippen LogP contribution in [0.25, 0.3) is 0 Å². The van der Waals surface area contributed by atoms with E-state index in [-0.39, 0.29) is 23.2 Å². The highest BCUT2D eigenvalue weighted by Gasteiger charge is 2.63. The van der Waals surface area contributed by atoms with Crippen molar-refractivity contribution in [3.8, 4) is 0 Å². The summed E-state index contributed by atoms with van der Waals surface area (Å²) in [5, 5.41) is 2.77. The van der Waals surface area contributed by atoms with E-state index in [4.69, 9.17) is 11.6 Å². The predicted molar refractivity (Wildman–Crippen MR) is 78.1 cm³/mol. The molecule has 2 aromatic rings. The lowest BCUT2D eigenvalue weighted by Crippen LogP contribution is -2.21. The molecule has 0 spiro atoms. The maximum absolute atomic E-state index is 14.7. The summed E-state index contributed by atoms with van der Waals surface area (Å²) in [6.07, 6.45) is 1.54. The first-order chi connectivity index (χ1) is 10.4. The zero-order chi connectivity index (χ0) is 15.9. The average Bonchev–Trinajstić information content (AvgIpc) is 3.11. The number of aromatic nitrogens is 4. The Bertz CT molecular complexity index is 736. The van der Waals surface area contributed by atoms with Gasteiger partial charge in [-0.15, -0.1) is 0 Å². The number of hydrogen-bond acceptors (Lipinski definition) is 5. The summed E-state index contributed by atoms with van der Waals surface area (Å²) in [7, 11) is 0. The quantitative estimate of drug-likeness (QED) is 0.878. The van der Waals surface area contributed by atoms with Crippen molar-refractivity contribution in [3.63, 3.8) is 0 Å². The van der Waals surface area contributed by atoms with Crippen molar-refractivity contribution >= 4 is 23.3 Å². The number of carbonyl (C=O) groups is 1. The van der Waals surface area contributed by atoms with Crippen molar-refractivity contribution in [1.82, 2.24) is 19.9 Å². The SMILES string of the molecule is Cc1ccnc([C@@]2(F)C[C@@H]2C(=O)Nc2cc(Cl)nc(C)n2)n1. The van der Waals surface area contributed by atoms with Crippen molar-refractivity contribution in [2.45, 2.75) is 25.9 Å². The lowest BCUT2D eigenvalue weighted by atomic mass is 10.2. The molecule has 0 aromatic carbocycles. The number of rotatable bonds is 3. The van der Waals surface area contributed by atoms with Gasteiger partial charge in [-0.3, -0.25) is 4.79 Å². The summed E-state index contributed by atoms with van der Waals surface area (Å²) >= 11 is 5.80. The third kappa shape index (κ3) is 2.76. The van der Waals surface area contributed by atoms with E-state index in [0.29, 0.717) is 11.5 Å². The summed E-state index contributed by atoms with van der Waals surface area (Å²) in [5.74, 6) is -0.580. The van der Waals surface area contributed by atoms with Crippen LogP contribution in [0.1, 0.15) is 23.8 Å². The molecule has 2 aromatic heterocycles. The zero-order valence-corrected chi connectivity index (χ0v) is 12.7. The van der Waals surface area contributed by atoms with Gasteiger partial charge in [0.2, 0.25) is 5.91 Å². The molecule has 0 bridgehead atoms. The number of anilines is 1. The maximum Gasteiger partial charge on any atom is 0.232 e. The molecule has 2 atom stereocenters. The first-order valence-electron chi connectivity index (χ1n) is 6.69. The summed E-state index contributed by atoms with van der Waals surface area (Å²) in [5.41, 5.74) is -1.16. The summed E-state index contributed by atoms with van der Waals surface area (Å²) in [6, 6.07) is 3.09. The van der Waals surface area contributed by atoms with Crippen molar-refractivity contribution in [2.75, 3.05) is 5.32 Å². The molecule has 1 aliphatic carbocycles. The van der Waals surface area contributed by atoms with Crippen LogP contribution in [0.2, 0.25) is 5.15 Å². The summed E-state index contributed by atoms with van der Waals surface area (Å²) in [4.78, 5) is 28.1. The fourth-order valence-corrected chi connectivity index (χ4v) is 2.47. The van der Waals surface area contributed by atoms with Gasteiger partial charge in [0, 0.05) is 24.4 Å². The lowest BCUT2D eigenvalue weighted by molar-refractivity contribution is -0.118. The van der Waals surface area contributed by atoms with Crippen LogP contribution in [-0.4, -0.2) is 25.8 Å². The van der Waals surface area contributed by atoms with Crippen LogP contribution in [0.4, 0.5) is 10.2 Å². The number of amides is 1. The Kier molecular flexibility index (Phi) is 3.52. The van der Waals surface area contributed by atoms with E-state index in [1.165, 1.54) is 12.3 Å². The smallest absolute Gasteiger partial charge is 0.232 e. The monoisotopic (exact) mass is 321 g/mol. The molecule has 1 N–H and O–H groups in total. The molecule has 0 aliphatic heterocycles. The molecule has 1 amide bonds. The van der Waals surface area contributed by atoms with Gasteiger partial charge in [-0.05, 0) is 19.9 Å². The van der Waals surface area contributed by atoms with Gasteiger partial charge in [0.25, 0.3) is 0 Å². The highest BCUT2D eigenvalue weighted by atomic mass is 35.5. The van der Waals surface area contributed by atoms with Gasteiger partial charge in [-0.2, -0.15) is 0 Å². The molecule has 0 unspecified atom stereocenters. The van der Waals surface area contributed by atoms with Crippen LogP contribution in [-0.2, 0) is 10.5 Å². The second-order valence-electron chi connectivity index (χ2n) is 5.25. The number of alkyl halides is 1. The molecular formula is C14H13ClFN5O. The highest BCUT2D eigenvalue weighted by Crippen LogP contribution is 2.54. The van der Waals surface area contributed by atoms with E-state index in [1.54, 1.807) is 19.9 Å². The summed E-state index contributed by atoms with van der Waals surface area (Å²) in [6.45, 7) is 3.40. The van der Waals surface area contributed by atoms with Gasteiger partial charge in [0.05, 0.1) is 5.92 Å². The van der Waals surface area contributed by atoms with E-state index in [9.17, 15) is 9.18 Å². The molecule has 0 saturated heterocycles. The van der Waals surface area contributed by atoms with Gasteiger partial charge < -0.3 is 5.32 Å². The fourth-order valence-electron chi connectivity index (χ4n) is 2.24. The molecule has 114 valence electrons. The molecule has 1 saturated carbocycles. The average molecular weight is 322 g/mol. The van der Waals surface area contributed by atoms with E-state index in [0.717, 1.165) is 0 Å². The highest BCUT2D eigenvalue weighted by molar-refractivity contribution is 6.29. The molecule has 22 heavy (non-hydrogen) atoms. The standard InChI is InChI=1S/C14H13ClFN5O/c1-7-3-4-17-13(18-7)14(16)6-9(14)12(22)21-11-5-10(15)19-8(2)20-11/h3-5,9H,6H2,1-2H3,(H,19,20,21,22)/t9-,14-/m1/s1. The lowest BCUT2D eigenvalue weighted by Gasteiger charge is -2.08. The van der Waals surface area contributed by atoms with Crippen LogP contribution in [0.15, 0.2) is 18.3 Å². The Morgan fingerprint density at radius 3 is 2.86 bits per heavy atom. The van der Waals surface area contributed by atoms with Gasteiger partial charge in [0.15, 0.2) is 11.5 Å². The number of carbonyl (C=O) groups excluding carboxylic acids is 1. The second kappa shape index (κ2) is 5.24. The first kappa shape index (κ1) is 14.8. The van der Waals surface area contributed by atoms with Crippen LogP contribution in [0.5, 0.6) is 0 Å². The molecule has 1 aliphatic rings. The number of aryl methyl sites for hydroxylation is 2. The molecule has 2 heterocycles. The van der Waals surface area contributed by atoms with Gasteiger partial charge in [-0.1, -0.05) is 11.6 Å². The summed E-state index contributed by atoms with van der Waals surface area (Å²) < 4.78 is 14.7. The number of hydrogen-bond donors (Lipinski definition) is 1. The van der Waals surface area contributed by atoms with E-state index in [2.05, 4.69) is 25.3 Å². The number of nitrogens with one attached hydrogen (secondary N) is 1. The number of nitrogens with zero attached hydrogens (tertiary/aromatic N) is 4. The molecule has 1 fully saturated rings. The Morgan fingerprint density at radius 1 is 1.41 bits per heavy atom. The zero-order valence-electron chi connectivity index (χ0n) is 12.0. The van der Waals surface area contributed by atoms with Crippen molar-refractivity contribution < 1.29 is 9.18 Å². The van der Waals surface area contributed by atoms with E-state index < -0.39 is 17.5 Å². The van der Waals surface area contributed by atoms with Crippen LogP contribution in [0, 0.1) is 19.8 Å². The third-order valence-electron chi connectivity index (χ3n) is 3.43. The first-order valence-corrected chi connectivity index (χ1v) is 7.07. The van der Waals surface area contributed by atoms with Gasteiger partial charge >= 0.3 is 0 Å². The Hall–Kier alpha value is -2.15. The minimum Gasteiger partial charge on any atom is -0.310 e. The van der Waals surface area contributed by atoms with Crippen molar-refractivity contribution in [1.29, 1.82) is 0 Å². The molecule has 3 rings (SSSR count). The molecule has 8 heteroatoms. The predicted octanol–water partition coefficient (Wildman–Crippen LogP) is 2.36. The van der Waals surface area contributed by atoms with Crippen LogP contribution < -0.4 is 5.32 Å². The number of halogens is 2. The normalized spacial score (nSPS) is 23.2. The van der Waals surface area contributed by atoms with E-state index in [1.807, 2.05) is 0 Å². The fraction of sp³-hybridized carbons (Fsp3) is 0.357. The van der Waals surface area contributed by atoms with Crippen molar-refractivity contribution in [2.24, 2.45) is 5.92 Å². The van der Waals surface area contributed by atoms with Gasteiger partial charge in [-0.25, -0.2) is 24.3 Å².